The van der Waals surface area contributed by atoms with Crippen molar-refractivity contribution in [1.82, 2.24) is 4.90 Å². The van der Waals surface area contributed by atoms with E-state index in [-0.39, 0.29) is 28.9 Å². The Labute approximate surface area is 140 Å². The fraction of sp³-hybridized carbons (Fsp3) is 0.882. The number of ether oxygens (including phenoxy) is 1. The average molecular weight is 342 g/mol. The van der Waals surface area contributed by atoms with E-state index in [0.717, 1.165) is 19.4 Å². The van der Waals surface area contributed by atoms with E-state index in [1.54, 1.807) is 0 Å². The molecule has 0 aromatic carbocycles. The first-order valence-electron chi connectivity index (χ1n) is 8.70. The number of rotatable bonds is 4. The molecule has 2 aliphatic rings. The lowest BCUT2D eigenvalue weighted by Crippen LogP contribution is -2.50. The summed E-state index contributed by atoms with van der Waals surface area (Å²) in [6.07, 6.45) is 2.96. The summed E-state index contributed by atoms with van der Waals surface area (Å²) in [5.41, 5.74) is 0. The number of carbonyl (C=O) groups excluding carboxylic acids is 2. The van der Waals surface area contributed by atoms with Gasteiger partial charge in [-0.05, 0) is 31.0 Å². The van der Waals surface area contributed by atoms with Crippen LogP contribution in [0.4, 0.5) is 0 Å². The summed E-state index contributed by atoms with van der Waals surface area (Å²) >= 11 is 0. The second-order valence-electron chi connectivity index (χ2n) is 8.44. The third kappa shape index (κ3) is 4.80. The van der Waals surface area contributed by atoms with Gasteiger partial charge >= 0.3 is 5.97 Å². The third-order valence-electron chi connectivity index (χ3n) is 5.40. The Morgan fingerprint density at radius 2 is 2.09 bits per heavy atom. The Bertz CT molecular complexity index is 458. The van der Waals surface area contributed by atoms with E-state index in [2.05, 4.69) is 33.9 Å². The maximum Gasteiger partial charge on any atom is 0.306 e. The van der Waals surface area contributed by atoms with Crippen molar-refractivity contribution in [3.8, 4) is 0 Å². The van der Waals surface area contributed by atoms with Crippen LogP contribution in [0.5, 0.6) is 0 Å². The van der Waals surface area contributed by atoms with Crippen LogP contribution in [0, 0.1) is 5.92 Å². The van der Waals surface area contributed by atoms with Crippen LogP contribution in [0.15, 0.2) is 0 Å². The summed E-state index contributed by atoms with van der Waals surface area (Å²) in [6, 6.07) is 0. The largest absolute Gasteiger partial charge is 0.465 e. The lowest BCUT2D eigenvalue weighted by molar-refractivity contribution is -0.138. The van der Waals surface area contributed by atoms with Crippen molar-refractivity contribution in [2.24, 2.45) is 5.92 Å². The zero-order valence-electron chi connectivity index (χ0n) is 15.2. The number of carbonyl (C=O) groups is 2. The van der Waals surface area contributed by atoms with Crippen LogP contribution >= 0.6 is 0 Å². The Balaban J connectivity index is 1.87. The molecule has 0 saturated carbocycles. The molecule has 2 aliphatic heterocycles. The molecule has 0 spiro atoms. The molecule has 0 aliphatic carbocycles. The zero-order chi connectivity index (χ0) is 17.3. The number of hydrogen-bond donors (Lipinski definition) is 0. The molecule has 0 N–H and O–H groups in total. The number of esters is 1. The molecule has 132 valence electrons. The van der Waals surface area contributed by atoms with Crippen LogP contribution in [0.25, 0.3) is 0 Å². The first-order valence-corrected chi connectivity index (χ1v) is 11.6. The topological polar surface area (TPSA) is 55.8 Å². The minimum atomic E-state index is -1.80. The maximum atomic E-state index is 12.5. The van der Waals surface area contributed by atoms with Crippen LogP contribution in [0.3, 0.4) is 0 Å². The van der Waals surface area contributed by atoms with Crippen molar-refractivity contribution in [1.29, 1.82) is 0 Å². The smallest absolute Gasteiger partial charge is 0.306 e. The molecule has 2 rings (SSSR count). The van der Waals surface area contributed by atoms with E-state index >= 15 is 0 Å². The summed E-state index contributed by atoms with van der Waals surface area (Å²) in [7, 11) is -1.80. The lowest BCUT2D eigenvalue weighted by atomic mass is 10.0. The fourth-order valence-electron chi connectivity index (χ4n) is 2.93. The van der Waals surface area contributed by atoms with Gasteiger partial charge in [-0.3, -0.25) is 9.59 Å². The first-order chi connectivity index (χ1) is 10.6. The van der Waals surface area contributed by atoms with E-state index < -0.39 is 8.32 Å². The number of amides is 1. The molecular weight excluding hydrogens is 310 g/mol. The molecule has 2 heterocycles. The van der Waals surface area contributed by atoms with Crippen LogP contribution in [0.1, 0.15) is 46.5 Å². The van der Waals surface area contributed by atoms with Gasteiger partial charge in [0.05, 0.1) is 19.1 Å². The third-order valence-corrected chi connectivity index (χ3v) is 9.93. The van der Waals surface area contributed by atoms with Gasteiger partial charge in [0.25, 0.3) is 0 Å². The zero-order valence-corrected chi connectivity index (χ0v) is 16.2. The highest BCUT2D eigenvalue weighted by atomic mass is 28.4. The number of piperidine rings is 1. The second kappa shape index (κ2) is 6.93. The molecule has 23 heavy (non-hydrogen) atoms. The molecule has 2 atom stereocenters. The Morgan fingerprint density at radius 1 is 1.39 bits per heavy atom. The predicted molar refractivity (Wildman–Crippen MR) is 91.6 cm³/mol. The molecule has 1 amide bonds. The normalized spacial score (nSPS) is 26.3. The summed E-state index contributed by atoms with van der Waals surface area (Å²) in [6.45, 7) is 13.1. The molecule has 5 nitrogen and oxygen atoms in total. The van der Waals surface area contributed by atoms with Crippen LogP contribution < -0.4 is 0 Å². The van der Waals surface area contributed by atoms with Gasteiger partial charge in [0, 0.05) is 25.4 Å². The van der Waals surface area contributed by atoms with E-state index in [1.165, 1.54) is 0 Å². The number of nitrogens with zero attached hydrogens (tertiary/aromatic N) is 1. The Hall–Kier alpha value is -0.883. The quantitative estimate of drug-likeness (QED) is 0.583. The first kappa shape index (κ1) is 18.5. The Morgan fingerprint density at radius 3 is 2.65 bits per heavy atom. The van der Waals surface area contributed by atoms with Gasteiger partial charge in [0.15, 0.2) is 8.32 Å². The van der Waals surface area contributed by atoms with Crippen molar-refractivity contribution >= 4 is 20.2 Å². The standard InChI is InChI=1S/C17H31NO4Si/c1-17(2,3)23(4,5)22-14-7-6-8-18(11-14)15(19)9-13-10-16(20)21-12-13/h13-14H,6-12H2,1-5H3. The summed E-state index contributed by atoms with van der Waals surface area (Å²) in [5, 5.41) is 0.181. The molecular formula is C17H31NO4Si. The lowest BCUT2D eigenvalue weighted by Gasteiger charge is -2.42. The highest BCUT2D eigenvalue weighted by Crippen LogP contribution is 2.38. The van der Waals surface area contributed by atoms with E-state index in [0.29, 0.717) is 26.0 Å². The summed E-state index contributed by atoms with van der Waals surface area (Å²) < 4.78 is 11.4. The van der Waals surface area contributed by atoms with Crippen LogP contribution in [-0.4, -0.2) is 50.9 Å². The molecule has 0 radical (unpaired) electrons. The number of hydrogen-bond acceptors (Lipinski definition) is 4. The molecule has 6 heteroatoms. The molecule has 0 aromatic heterocycles. The van der Waals surface area contributed by atoms with Gasteiger partial charge in [-0.1, -0.05) is 20.8 Å². The second-order valence-corrected chi connectivity index (χ2v) is 13.2. The molecule has 2 fully saturated rings. The van der Waals surface area contributed by atoms with E-state index in [9.17, 15) is 9.59 Å². The molecule has 2 saturated heterocycles. The van der Waals surface area contributed by atoms with Crippen molar-refractivity contribution in [3.63, 3.8) is 0 Å². The SMILES string of the molecule is CC(C)(C)[Si](C)(C)OC1CCCN(C(=O)CC2COC(=O)C2)C1. The number of likely N-dealkylation sites (tertiary alicyclic amines) is 1. The van der Waals surface area contributed by atoms with Gasteiger partial charge in [0.1, 0.15) is 0 Å². The minimum absolute atomic E-state index is 0.0525. The monoisotopic (exact) mass is 341 g/mol. The van der Waals surface area contributed by atoms with Crippen molar-refractivity contribution in [2.45, 2.75) is 70.7 Å². The van der Waals surface area contributed by atoms with Crippen molar-refractivity contribution < 1.29 is 18.8 Å². The predicted octanol–water partition coefficient (Wildman–Crippen LogP) is 2.95. The molecule has 2 unspecified atom stereocenters. The van der Waals surface area contributed by atoms with E-state index in [4.69, 9.17) is 9.16 Å². The van der Waals surface area contributed by atoms with Crippen LogP contribution in [0.2, 0.25) is 18.1 Å². The average Bonchev–Trinajstić information content (AvgIpc) is 2.82. The van der Waals surface area contributed by atoms with E-state index in [1.807, 2.05) is 4.90 Å². The minimum Gasteiger partial charge on any atom is -0.465 e. The number of cyclic esters (lactones) is 1. The summed E-state index contributed by atoms with van der Waals surface area (Å²) in [4.78, 5) is 25.6. The van der Waals surface area contributed by atoms with Gasteiger partial charge in [-0.15, -0.1) is 0 Å². The van der Waals surface area contributed by atoms with Crippen molar-refractivity contribution in [3.05, 3.63) is 0 Å². The maximum absolute atomic E-state index is 12.5. The fourth-order valence-corrected chi connectivity index (χ4v) is 4.31. The summed E-state index contributed by atoms with van der Waals surface area (Å²) in [5.74, 6) is 0.00842. The highest BCUT2D eigenvalue weighted by Gasteiger charge is 2.40. The van der Waals surface area contributed by atoms with Gasteiger partial charge < -0.3 is 14.1 Å². The molecule has 0 bridgehead atoms. The molecule has 0 aromatic rings. The van der Waals surface area contributed by atoms with Crippen LogP contribution in [-0.2, 0) is 18.8 Å². The van der Waals surface area contributed by atoms with Gasteiger partial charge in [0.2, 0.25) is 5.91 Å². The highest BCUT2D eigenvalue weighted by molar-refractivity contribution is 6.74. The van der Waals surface area contributed by atoms with Gasteiger partial charge in [-0.2, -0.15) is 0 Å². The van der Waals surface area contributed by atoms with Crippen molar-refractivity contribution in [2.75, 3.05) is 19.7 Å². The Kier molecular flexibility index (Phi) is 5.56. The van der Waals surface area contributed by atoms with Gasteiger partial charge in [-0.25, -0.2) is 0 Å².